The van der Waals surface area contributed by atoms with Crippen molar-refractivity contribution in [3.8, 4) is 0 Å². The Labute approximate surface area is 168 Å². The van der Waals surface area contributed by atoms with Gasteiger partial charge in [-0.05, 0) is 36.8 Å². The van der Waals surface area contributed by atoms with Crippen molar-refractivity contribution in [2.75, 3.05) is 19.0 Å². The first-order chi connectivity index (χ1) is 11.6. The lowest BCUT2D eigenvalue weighted by molar-refractivity contribution is -0.140. The molecule has 0 saturated heterocycles. The van der Waals surface area contributed by atoms with Crippen molar-refractivity contribution in [2.45, 2.75) is 58.8 Å². The van der Waals surface area contributed by atoms with Gasteiger partial charge in [0.25, 0.3) is 0 Å². The minimum atomic E-state index is -0.136. The monoisotopic (exact) mass is 461 g/mol. The van der Waals surface area contributed by atoms with Crippen molar-refractivity contribution in [1.29, 1.82) is 0 Å². The lowest BCUT2D eigenvalue weighted by atomic mass is 10.0. The van der Waals surface area contributed by atoms with E-state index in [0.717, 1.165) is 44.2 Å². The van der Waals surface area contributed by atoms with E-state index in [-0.39, 0.29) is 29.9 Å². The molecule has 0 aliphatic carbocycles. The van der Waals surface area contributed by atoms with Crippen molar-refractivity contribution >= 4 is 41.6 Å². The summed E-state index contributed by atoms with van der Waals surface area (Å²) in [6.07, 6.45) is 6.31. The molecule has 0 heterocycles. The molecule has 0 fully saturated rings. The average Bonchev–Trinajstić information content (AvgIpc) is 2.60. The predicted octanol–water partition coefficient (Wildman–Crippen LogP) is 4.28. The molecule has 142 valence electrons. The standard InChI is InChI=1S/C19H31N3O2.HI/c1-4-15-11-10-12-16(5-2)18(15)22-19(20)21-14-9-7-6-8-13-17(23)24-3;/h10-12H,4-9,13-14H2,1-3H3,(H3,20,21,22);1H. The normalized spacial score (nSPS) is 10.9. The molecule has 0 radical (unpaired) electrons. The van der Waals surface area contributed by atoms with Gasteiger partial charge in [0, 0.05) is 18.7 Å². The highest BCUT2D eigenvalue weighted by atomic mass is 127. The Morgan fingerprint density at radius 3 is 2.28 bits per heavy atom. The molecule has 0 aliphatic heterocycles. The number of aliphatic imine (C=N–C) groups is 1. The number of aryl methyl sites for hydroxylation is 2. The van der Waals surface area contributed by atoms with E-state index in [1.54, 1.807) is 0 Å². The van der Waals surface area contributed by atoms with Gasteiger partial charge in [-0.2, -0.15) is 0 Å². The number of nitrogens with two attached hydrogens (primary N) is 1. The van der Waals surface area contributed by atoms with E-state index in [0.29, 0.717) is 18.9 Å². The molecule has 1 rings (SSSR count). The van der Waals surface area contributed by atoms with E-state index < -0.39 is 0 Å². The maximum Gasteiger partial charge on any atom is 0.305 e. The molecule has 1 aromatic carbocycles. The van der Waals surface area contributed by atoms with Gasteiger partial charge in [0.2, 0.25) is 0 Å². The maximum absolute atomic E-state index is 11.0. The number of halogens is 1. The Bertz CT molecular complexity index is 525. The van der Waals surface area contributed by atoms with Crippen LogP contribution < -0.4 is 11.1 Å². The number of para-hydroxylation sites is 1. The summed E-state index contributed by atoms with van der Waals surface area (Å²) in [5.41, 5.74) is 9.65. The number of esters is 1. The third kappa shape index (κ3) is 9.09. The first-order valence-electron chi connectivity index (χ1n) is 8.86. The molecule has 0 unspecified atom stereocenters. The Hall–Kier alpha value is -1.31. The second kappa shape index (κ2) is 13.9. The SMILES string of the molecule is CCc1cccc(CC)c1NC(N)=NCCCCCCC(=O)OC.I. The zero-order valence-corrected chi connectivity index (χ0v) is 18.0. The molecule has 0 aliphatic rings. The zero-order chi connectivity index (χ0) is 17.8. The van der Waals surface area contributed by atoms with Crippen molar-refractivity contribution in [3.05, 3.63) is 29.3 Å². The number of anilines is 1. The van der Waals surface area contributed by atoms with Gasteiger partial charge in [-0.3, -0.25) is 9.79 Å². The van der Waals surface area contributed by atoms with Gasteiger partial charge >= 0.3 is 5.97 Å². The molecule has 0 amide bonds. The topological polar surface area (TPSA) is 76.7 Å². The Morgan fingerprint density at radius 2 is 1.72 bits per heavy atom. The van der Waals surface area contributed by atoms with Crippen LogP contribution in [0.5, 0.6) is 0 Å². The van der Waals surface area contributed by atoms with Crippen molar-refractivity contribution in [2.24, 2.45) is 10.7 Å². The number of unbranched alkanes of at least 4 members (excludes halogenated alkanes) is 3. The van der Waals surface area contributed by atoms with Gasteiger partial charge in [-0.1, -0.05) is 44.9 Å². The fourth-order valence-electron chi connectivity index (χ4n) is 2.61. The van der Waals surface area contributed by atoms with Crippen LogP contribution in [0.1, 0.15) is 57.1 Å². The number of rotatable bonds is 10. The number of benzene rings is 1. The lowest BCUT2D eigenvalue weighted by Crippen LogP contribution is -2.24. The number of methoxy groups -OCH3 is 1. The summed E-state index contributed by atoms with van der Waals surface area (Å²) in [7, 11) is 1.42. The number of ether oxygens (including phenoxy) is 1. The van der Waals surface area contributed by atoms with E-state index in [2.05, 4.69) is 47.1 Å². The number of hydrogen-bond acceptors (Lipinski definition) is 3. The van der Waals surface area contributed by atoms with Crippen LogP contribution in [0.4, 0.5) is 5.69 Å². The Balaban J connectivity index is 0.00000576. The molecule has 0 aromatic heterocycles. The smallest absolute Gasteiger partial charge is 0.305 e. The molecular formula is C19H32IN3O2. The number of carbonyl (C=O) groups is 1. The number of hydrogen-bond donors (Lipinski definition) is 2. The van der Waals surface area contributed by atoms with Gasteiger partial charge < -0.3 is 15.8 Å². The first-order valence-corrected chi connectivity index (χ1v) is 8.86. The summed E-state index contributed by atoms with van der Waals surface area (Å²) in [4.78, 5) is 15.4. The van der Waals surface area contributed by atoms with Gasteiger partial charge in [0.05, 0.1) is 7.11 Å². The van der Waals surface area contributed by atoms with Crippen molar-refractivity contribution in [1.82, 2.24) is 0 Å². The van der Waals surface area contributed by atoms with Gasteiger partial charge in [0.15, 0.2) is 5.96 Å². The highest BCUT2D eigenvalue weighted by Gasteiger charge is 2.06. The number of carbonyl (C=O) groups excluding carboxylic acids is 1. The largest absolute Gasteiger partial charge is 0.469 e. The summed E-state index contributed by atoms with van der Waals surface area (Å²) in [5.74, 6) is 0.336. The van der Waals surface area contributed by atoms with Crippen molar-refractivity contribution < 1.29 is 9.53 Å². The molecule has 0 saturated carbocycles. The van der Waals surface area contributed by atoms with Gasteiger partial charge in [0.1, 0.15) is 0 Å². The summed E-state index contributed by atoms with van der Waals surface area (Å²) in [6.45, 7) is 4.98. The Morgan fingerprint density at radius 1 is 1.12 bits per heavy atom. The van der Waals surface area contributed by atoms with Crippen LogP contribution >= 0.6 is 24.0 Å². The highest BCUT2D eigenvalue weighted by molar-refractivity contribution is 14.0. The molecule has 5 nitrogen and oxygen atoms in total. The van der Waals surface area contributed by atoms with Crippen LogP contribution in [-0.2, 0) is 22.4 Å². The summed E-state index contributed by atoms with van der Waals surface area (Å²) in [5, 5.41) is 3.27. The van der Waals surface area contributed by atoms with Crippen LogP contribution in [0.25, 0.3) is 0 Å². The summed E-state index contributed by atoms with van der Waals surface area (Å²) < 4.78 is 4.62. The first kappa shape index (κ1) is 23.7. The summed E-state index contributed by atoms with van der Waals surface area (Å²) in [6, 6.07) is 6.33. The van der Waals surface area contributed by atoms with E-state index >= 15 is 0 Å². The fraction of sp³-hybridized carbons (Fsp3) is 0.579. The van der Waals surface area contributed by atoms with E-state index in [1.807, 2.05) is 0 Å². The minimum absolute atomic E-state index is 0. The van der Waals surface area contributed by atoms with E-state index in [9.17, 15) is 4.79 Å². The molecular weight excluding hydrogens is 429 g/mol. The number of nitrogens with one attached hydrogen (secondary N) is 1. The van der Waals surface area contributed by atoms with Crippen LogP contribution in [-0.4, -0.2) is 25.6 Å². The lowest BCUT2D eigenvalue weighted by Gasteiger charge is -2.14. The number of nitrogens with zero attached hydrogens (tertiary/aromatic N) is 1. The van der Waals surface area contributed by atoms with Crippen LogP contribution in [0.2, 0.25) is 0 Å². The van der Waals surface area contributed by atoms with Gasteiger partial charge in [-0.25, -0.2) is 0 Å². The second-order valence-electron chi connectivity index (χ2n) is 5.79. The third-order valence-electron chi connectivity index (χ3n) is 4.05. The molecule has 0 bridgehead atoms. The molecule has 6 heteroatoms. The van der Waals surface area contributed by atoms with Crippen LogP contribution in [0.15, 0.2) is 23.2 Å². The quantitative estimate of drug-likeness (QED) is 0.179. The summed E-state index contributed by atoms with van der Waals surface area (Å²) >= 11 is 0. The molecule has 0 spiro atoms. The van der Waals surface area contributed by atoms with Gasteiger partial charge in [-0.15, -0.1) is 24.0 Å². The minimum Gasteiger partial charge on any atom is -0.469 e. The predicted molar refractivity (Wildman–Crippen MR) is 116 cm³/mol. The fourth-order valence-corrected chi connectivity index (χ4v) is 2.61. The molecule has 25 heavy (non-hydrogen) atoms. The average molecular weight is 461 g/mol. The number of guanidine groups is 1. The molecule has 1 aromatic rings. The highest BCUT2D eigenvalue weighted by Crippen LogP contribution is 2.22. The molecule has 3 N–H and O–H groups in total. The zero-order valence-electron chi connectivity index (χ0n) is 15.6. The second-order valence-corrected chi connectivity index (χ2v) is 5.79. The van der Waals surface area contributed by atoms with Crippen LogP contribution in [0, 0.1) is 0 Å². The third-order valence-corrected chi connectivity index (χ3v) is 4.05. The van der Waals surface area contributed by atoms with Crippen molar-refractivity contribution in [3.63, 3.8) is 0 Å². The van der Waals surface area contributed by atoms with E-state index in [4.69, 9.17) is 5.73 Å². The molecule has 0 atom stereocenters. The maximum atomic E-state index is 11.0. The Kier molecular flexibility index (Phi) is 13.2. The van der Waals surface area contributed by atoms with Crippen LogP contribution in [0.3, 0.4) is 0 Å². The van der Waals surface area contributed by atoms with E-state index in [1.165, 1.54) is 18.2 Å².